The number of nitrogens with one attached hydrogen (secondary N) is 4. The second-order valence-corrected chi connectivity index (χ2v) is 12.4. The lowest BCUT2D eigenvalue weighted by atomic mass is 9.85. The van der Waals surface area contributed by atoms with Gasteiger partial charge in [-0.2, -0.15) is 0 Å². The second kappa shape index (κ2) is 10.00. The van der Waals surface area contributed by atoms with Gasteiger partial charge in [-0.25, -0.2) is 9.97 Å². The van der Waals surface area contributed by atoms with Crippen molar-refractivity contribution in [2.24, 2.45) is 11.8 Å². The maximum absolute atomic E-state index is 4.95. The van der Waals surface area contributed by atoms with Crippen LogP contribution in [0.15, 0.2) is 66.7 Å². The summed E-state index contributed by atoms with van der Waals surface area (Å²) in [6.45, 7) is 6.99. The van der Waals surface area contributed by atoms with Crippen molar-refractivity contribution in [2.75, 3.05) is 18.0 Å². The first kappa shape index (κ1) is 25.1. The van der Waals surface area contributed by atoms with Crippen LogP contribution in [-0.2, 0) is 0 Å². The normalized spacial score (nSPS) is 28.4. The van der Waals surface area contributed by atoms with E-state index in [4.69, 9.17) is 9.97 Å². The van der Waals surface area contributed by atoms with Gasteiger partial charge in [0.25, 0.3) is 0 Å². The van der Waals surface area contributed by atoms with E-state index < -0.39 is 0 Å². The highest BCUT2D eigenvalue weighted by atomic mass is 15.2. The third-order valence-electron chi connectivity index (χ3n) is 9.99. The van der Waals surface area contributed by atoms with Gasteiger partial charge in [-0.15, -0.1) is 0 Å². The van der Waals surface area contributed by atoms with E-state index in [2.05, 4.69) is 106 Å². The van der Waals surface area contributed by atoms with E-state index in [1.165, 1.54) is 29.7 Å². The quantitative estimate of drug-likeness (QED) is 0.194. The molecule has 7 heteroatoms. The van der Waals surface area contributed by atoms with Crippen LogP contribution in [0.5, 0.6) is 0 Å². The number of anilines is 1. The van der Waals surface area contributed by atoms with Crippen molar-refractivity contribution in [3.8, 4) is 0 Å². The molecule has 6 atom stereocenters. The first-order valence-electron chi connectivity index (χ1n) is 15.4. The van der Waals surface area contributed by atoms with Crippen LogP contribution >= 0.6 is 0 Å². The molecule has 3 aromatic carbocycles. The van der Waals surface area contributed by atoms with E-state index in [1.54, 1.807) is 0 Å². The minimum atomic E-state index is 0.244. The summed E-state index contributed by atoms with van der Waals surface area (Å²) in [6.07, 6.45) is 4.71. The number of nitrogens with zero attached hydrogens (tertiary/aromatic N) is 3. The Morgan fingerprint density at radius 1 is 0.659 bits per heavy atom. The first-order chi connectivity index (χ1) is 20.1. The number of imidazole rings is 2. The van der Waals surface area contributed by atoms with Crippen LogP contribution in [0.3, 0.4) is 0 Å². The van der Waals surface area contributed by atoms with Crippen molar-refractivity contribution in [3.05, 3.63) is 89.5 Å². The van der Waals surface area contributed by atoms with Crippen LogP contribution in [0.4, 0.5) is 5.69 Å². The summed E-state index contributed by atoms with van der Waals surface area (Å²) >= 11 is 0. The molecule has 3 saturated heterocycles. The van der Waals surface area contributed by atoms with Crippen molar-refractivity contribution in [1.82, 2.24) is 30.6 Å². The lowest BCUT2D eigenvalue weighted by Gasteiger charge is -2.34. The summed E-state index contributed by atoms with van der Waals surface area (Å²) in [6, 6.07) is 25.9. The van der Waals surface area contributed by atoms with Crippen LogP contribution < -0.4 is 15.5 Å². The SMILES string of the molecule is C[C@H]1[C@H](C)[C@H](c2ccc3nc([C@@H]4CCCN4)[nH]c3c2)N(c2ccccc2)[C@H]1c1ccc2nc(C3CCCN3)[nH]c2c1. The third kappa shape index (κ3) is 4.25. The number of aromatic nitrogens is 4. The number of rotatable bonds is 5. The fraction of sp³-hybridized carbons (Fsp3) is 0.412. The van der Waals surface area contributed by atoms with Crippen molar-refractivity contribution in [3.63, 3.8) is 0 Å². The van der Waals surface area contributed by atoms with Crippen molar-refractivity contribution in [2.45, 2.75) is 63.7 Å². The first-order valence-corrected chi connectivity index (χ1v) is 15.4. The van der Waals surface area contributed by atoms with Crippen molar-refractivity contribution in [1.29, 1.82) is 0 Å². The molecule has 0 saturated carbocycles. The molecule has 3 fully saturated rings. The van der Waals surface area contributed by atoms with Gasteiger partial charge in [0.05, 0.1) is 46.2 Å². The number of benzene rings is 3. The Bertz CT molecular complexity index is 1570. The molecule has 0 bridgehead atoms. The lowest BCUT2D eigenvalue weighted by Crippen LogP contribution is -2.27. The molecule has 41 heavy (non-hydrogen) atoms. The number of para-hydroxylation sites is 1. The van der Waals surface area contributed by atoms with E-state index in [9.17, 15) is 0 Å². The lowest BCUT2D eigenvalue weighted by molar-refractivity contribution is 0.402. The van der Waals surface area contributed by atoms with E-state index in [0.717, 1.165) is 59.6 Å². The predicted molar refractivity (Wildman–Crippen MR) is 165 cm³/mol. The molecule has 0 aliphatic carbocycles. The highest BCUT2D eigenvalue weighted by molar-refractivity contribution is 5.78. The third-order valence-corrected chi connectivity index (χ3v) is 9.99. The Balaban J connectivity index is 1.20. The smallest absolute Gasteiger partial charge is 0.124 e. The monoisotopic (exact) mass is 545 g/mol. The molecular formula is C34H39N7. The number of aromatic amines is 2. The van der Waals surface area contributed by atoms with E-state index >= 15 is 0 Å². The zero-order valence-electron chi connectivity index (χ0n) is 23.9. The Hall–Kier alpha value is -3.68. The summed E-state index contributed by atoms with van der Waals surface area (Å²) in [7, 11) is 0. The second-order valence-electron chi connectivity index (χ2n) is 12.4. The summed E-state index contributed by atoms with van der Waals surface area (Å²) in [5.74, 6) is 3.04. The Morgan fingerprint density at radius 3 is 1.63 bits per heavy atom. The largest absolute Gasteiger partial charge is 0.357 e. The molecule has 0 radical (unpaired) electrons. The van der Waals surface area contributed by atoms with E-state index in [-0.39, 0.29) is 12.1 Å². The number of hydrogen-bond acceptors (Lipinski definition) is 5. The highest BCUT2D eigenvalue weighted by Gasteiger charge is 2.46. The average molecular weight is 546 g/mol. The minimum absolute atomic E-state index is 0.244. The Kier molecular flexibility index (Phi) is 6.11. The average Bonchev–Trinajstić information content (AvgIpc) is 3.83. The molecule has 2 aromatic heterocycles. The molecule has 7 nitrogen and oxygen atoms in total. The van der Waals surface area contributed by atoms with Gasteiger partial charge < -0.3 is 25.5 Å². The molecule has 0 amide bonds. The number of fused-ring (bicyclic) bond motifs is 2. The zero-order chi connectivity index (χ0) is 27.5. The van der Waals surface area contributed by atoms with Gasteiger partial charge in [0.2, 0.25) is 0 Å². The fourth-order valence-corrected chi connectivity index (χ4v) is 7.73. The summed E-state index contributed by atoms with van der Waals surface area (Å²) in [4.78, 5) is 19.9. The molecule has 5 heterocycles. The predicted octanol–water partition coefficient (Wildman–Crippen LogP) is 6.86. The van der Waals surface area contributed by atoms with Gasteiger partial charge in [-0.1, -0.05) is 44.2 Å². The maximum atomic E-state index is 4.95. The number of hydrogen-bond donors (Lipinski definition) is 4. The van der Waals surface area contributed by atoms with Crippen LogP contribution in [0.25, 0.3) is 22.1 Å². The van der Waals surface area contributed by atoms with E-state index in [1.807, 2.05) is 0 Å². The standard InChI is InChI=1S/C34H39N7/c1-20-21(2)32(23-13-15-26-30(19-23)40-34(38-26)28-11-7-17-36-28)41(24-8-4-3-5-9-24)31(20)22-12-14-25-29(18-22)39-33(37-25)27-10-6-16-35-27/h3-5,8-9,12-15,18-21,27-28,31-32,35-36H,6-7,10-11,16-17H2,1-2H3,(H,37,39)(H,38,40)/t20-,21-,27-,28?,31+,32+/m0/s1. The van der Waals surface area contributed by atoms with Crippen molar-refractivity contribution >= 4 is 27.8 Å². The Morgan fingerprint density at radius 2 is 1.17 bits per heavy atom. The summed E-state index contributed by atoms with van der Waals surface area (Å²) in [5, 5.41) is 7.17. The highest BCUT2D eigenvalue weighted by Crippen LogP contribution is 2.53. The van der Waals surface area contributed by atoms with Gasteiger partial charge >= 0.3 is 0 Å². The van der Waals surface area contributed by atoms with Crippen molar-refractivity contribution < 1.29 is 0 Å². The molecule has 8 rings (SSSR count). The van der Waals surface area contributed by atoms with Crippen LogP contribution in [0.1, 0.15) is 86.5 Å². The van der Waals surface area contributed by atoms with E-state index in [0.29, 0.717) is 23.9 Å². The van der Waals surface area contributed by atoms with Crippen LogP contribution in [0, 0.1) is 11.8 Å². The van der Waals surface area contributed by atoms with Gasteiger partial charge in [-0.3, -0.25) is 0 Å². The molecule has 0 spiro atoms. The summed E-state index contributed by atoms with van der Waals surface area (Å²) in [5.41, 5.74) is 8.32. The van der Waals surface area contributed by atoms with Crippen LogP contribution in [0.2, 0.25) is 0 Å². The van der Waals surface area contributed by atoms with Crippen LogP contribution in [-0.4, -0.2) is 33.0 Å². The Labute approximate surface area is 241 Å². The molecule has 1 unspecified atom stereocenters. The summed E-state index contributed by atoms with van der Waals surface area (Å²) < 4.78 is 0. The maximum Gasteiger partial charge on any atom is 0.124 e. The molecule has 4 N–H and O–H groups in total. The molecule has 5 aromatic rings. The number of H-pyrrole nitrogens is 2. The fourth-order valence-electron chi connectivity index (χ4n) is 7.73. The topological polar surface area (TPSA) is 84.7 Å². The molecule has 3 aliphatic rings. The molecule has 3 aliphatic heterocycles. The van der Waals surface area contributed by atoms with Gasteiger partial charge in [0.15, 0.2) is 0 Å². The molecule has 210 valence electrons. The zero-order valence-corrected chi connectivity index (χ0v) is 23.9. The van der Waals surface area contributed by atoms with Gasteiger partial charge in [0.1, 0.15) is 11.6 Å². The minimum Gasteiger partial charge on any atom is -0.357 e. The van der Waals surface area contributed by atoms with Gasteiger partial charge in [-0.05, 0) is 98.1 Å². The van der Waals surface area contributed by atoms with Gasteiger partial charge in [0, 0.05) is 5.69 Å². The molecular weight excluding hydrogens is 506 g/mol.